The summed E-state index contributed by atoms with van der Waals surface area (Å²) < 4.78 is 19.2. The van der Waals surface area contributed by atoms with Crippen LogP contribution in [0.1, 0.15) is 73.9 Å². The average Bonchev–Trinajstić information content (AvgIpc) is 3.08. The Labute approximate surface area is 242 Å². The van der Waals surface area contributed by atoms with Gasteiger partial charge >= 0.3 is 5.97 Å². The minimum atomic E-state index is -0.913. The number of nitrogens with zero attached hydrogens (tertiary/aromatic N) is 1. The Bertz CT molecular complexity index is 1240. The summed E-state index contributed by atoms with van der Waals surface area (Å²) in [6, 6.07) is 11.6. The first-order valence-electron chi connectivity index (χ1n) is 15.1. The van der Waals surface area contributed by atoms with Crippen molar-refractivity contribution in [3.05, 3.63) is 58.1 Å². The number of anilines is 1. The summed E-state index contributed by atoms with van der Waals surface area (Å²) in [6.45, 7) is 8.20. The van der Waals surface area contributed by atoms with Crippen LogP contribution in [0.3, 0.4) is 0 Å². The van der Waals surface area contributed by atoms with Crippen LogP contribution in [0.25, 0.3) is 0 Å². The largest absolute Gasteiger partial charge is 0.490 e. The van der Waals surface area contributed by atoms with Crippen molar-refractivity contribution >= 4 is 23.3 Å². The standard InChI is InChI=1S/C33H42ClNO5/c1-3-13-38-30-16-31(39-18-21(30)2)26-9-6-24(26)17-35-19-33(12-4-5-22-14-25(34)8-10-27(22)33)20-40-29-11-7-23(32(36)37)15-28(29)35/h7-8,10-11,14-15,21,24,26,30-31H,3-6,9,12-13,16-20H2,1-2H3,(H,36,37)/t21-,24+,26-,30+,31+,33+/m1/s1. The molecule has 0 radical (unpaired) electrons. The van der Waals surface area contributed by atoms with Crippen molar-refractivity contribution in [3.8, 4) is 5.75 Å². The summed E-state index contributed by atoms with van der Waals surface area (Å²) in [4.78, 5) is 14.4. The first-order chi connectivity index (χ1) is 19.4. The molecule has 2 heterocycles. The molecule has 0 aromatic heterocycles. The van der Waals surface area contributed by atoms with Crippen LogP contribution in [-0.4, -0.2) is 56.2 Å². The fourth-order valence-corrected chi connectivity index (χ4v) is 7.75. The van der Waals surface area contributed by atoms with Gasteiger partial charge in [0.2, 0.25) is 0 Å². The molecule has 0 unspecified atom stereocenters. The molecule has 2 aromatic rings. The molecule has 0 bridgehead atoms. The SMILES string of the molecule is CCCO[C@H]1C[C@@H]([C@@H]2CC[C@H]2CN2C[C@@]3(CCCc4cc(Cl)ccc43)COc3ccc(C(=O)O)cc32)OC[C@H]1C. The zero-order valence-corrected chi connectivity index (χ0v) is 24.5. The molecule has 6 rings (SSSR count). The number of rotatable bonds is 7. The van der Waals surface area contributed by atoms with Gasteiger partial charge in [0.25, 0.3) is 0 Å². The Morgan fingerprint density at radius 1 is 1.23 bits per heavy atom. The van der Waals surface area contributed by atoms with Crippen molar-refractivity contribution in [1.82, 2.24) is 0 Å². The number of halogens is 1. The van der Waals surface area contributed by atoms with Crippen molar-refractivity contribution in [3.63, 3.8) is 0 Å². The monoisotopic (exact) mass is 567 g/mol. The third-order valence-corrected chi connectivity index (χ3v) is 10.1. The predicted molar refractivity (Wildman–Crippen MR) is 157 cm³/mol. The van der Waals surface area contributed by atoms with E-state index in [9.17, 15) is 9.90 Å². The Morgan fingerprint density at radius 3 is 2.88 bits per heavy atom. The lowest BCUT2D eigenvalue weighted by atomic mass is 9.67. The Balaban J connectivity index is 1.29. The molecule has 1 saturated heterocycles. The number of carboxylic acids is 1. The zero-order chi connectivity index (χ0) is 27.9. The average molecular weight is 568 g/mol. The molecule has 1 saturated carbocycles. The van der Waals surface area contributed by atoms with Gasteiger partial charge in [-0.05, 0) is 91.8 Å². The number of fused-ring (bicyclic) bond motifs is 3. The molecular weight excluding hydrogens is 526 g/mol. The molecule has 2 aromatic carbocycles. The van der Waals surface area contributed by atoms with E-state index in [4.69, 9.17) is 25.8 Å². The number of hydrogen-bond donors (Lipinski definition) is 1. The van der Waals surface area contributed by atoms with Crippen LogP contribution >= 0.6 is 11.6 Å². The van der Waals surface area contributed by atoms with Gasteiger partial charge < -0.3 is 24.2 Å². The van der Waals surface area contributed by atoms with Crippen LogP contribution < -0.4 is 9.64 Å². The number of ether oxygens (including phenoxy) is 3. The van der Waals surface area contributed by atoms with Gasteiger partial charge in [-0.1, -0.05) is 31.5 Å². The minimum absolute atomic E-state index is 0.171. The number of aryl methyl sites for hydroxylation is 1. The molecule has 7 heteroatoms. The normalized spacial score (nSPS) is 31.5. The number of benzene rings is 2. The van der Waals surface area contributed by atoms with E-state index in [1.807, 2.05) is 18.2 Å². The van der Waals surface area contributed by atoms with Crippen LogP contribution in [0.15, 0.2) is 36.4 Å². The third kappa shape index (κ3) is 5.35. The van der Waals surface area contributed by atoms with E-state index in [2.05, 4.69) is 30.9 Å². The van der Waals surface area contributed by atoms with Crippen LogP contribution in [0.4, 0.5) is 5.69 Å². The maximum absolute atomic E-state index is 12.0. The maximum Gasteiger partial charge on any atom is 0.335 e. The van der Waals surface area contributed by atoms with Crippen LogP contribution in [0.2, 0.25) is 5.02 Å². The summed E-state index contributed by atoms with van der Waals surface area (Å²) in [7, 11) is 0. The van der Waals surface area contributed by atoms with Crippen LogP contribution in [0, 0.1) is 17.8 Å². The molecule has 2 aliphatic carbocycles. The first-order valence-corrected chi connectivity index (χ1v) is 15.5. The molecule has 1 spiro atoms. The summed E-state index contributed by atoms with van der Waals surface area (Å²) in [5.74, 6) is 1.25. The van der Waals surface area contributed by atoms with E-state index in [1.165, 1.54) is 17.5 Å². The molecule has 2 fully saturated rings. The quantitative estimate of drug-likeness (QED) is 0.399. The van der Waals surface area contributed by atoms with E-state index in [0.717, 1.165) is 81.3 Å². The lowest BCUT2D eigenvalue weighted by Gasteiger charge is -2.48. The Morgan fingerprint density at radius 2 is 2.10 bits per heavy atom. The van der Waals surface area contributed by atoms with Gasteiger partial charge in [0.15, 0.2) is 0 Å². The van der Waals surface area contributed by atoms with Gasteiger partial charge in [-0.25, -0.2) is 4.79 Å². The second kappa shape index (κ2) is 11.5. The van der Waals surface area contributed by atoms with Gasteiger partial charge in [-0.15, -0.1) is 0 Å². The fraction of sp³-hybridized carbons (Fsp3) is 0.606. The zero-order valence-electron chi connectivity index (χ0n) is 23.7. The molecule has 4 aliphatic rings. The van der Waals surface area contributed by atoms with Crippen LogP contribution in [-0.2, 0) is 21.3 Å². The highest BCUT2D eigenvalue weighted by Gasteiger charge is 2.46. The van der Waals surface area contributed by atoms with Crippen molar-refractivity contribution < 1.29 is 24.1 Å². The number of hydrogen-bond acceptors (Lipinski definition) is 5. The molecule has 6 nitrogen and oxygen atoms in total. The minimum Gasteiger partial charge on any atom is -0.490 e. The molecule has 1 N–H and O–H groups in total. The van der Waals surface area contributed by atoms with Gasteiger partial charge in [-0.3, -0.25) is 0 Å². The maximum atomic E-state index is 12.0. The molecule has 216 valence electrons. The number of aromatic carboxylic acids is 1. The molecule has 40 heavy (non-hydrogen) atoms. The summed E-state index contributed by atoms with van der Waals surface area (Å²) in [5.41, 5.74) is 3.65. The first kappa shape index (κ1) is 27.9. The van der Waals surface area contributed by atoms with E-state index >= 15 is 0 Å². The summed E-state index contributed by atoms with van der Waals surface area (Å²) in [6.07, 6.45) is 7.95. The van der Waals surface area contributed by atoms with Crippen molar-refractivity contribution in [1.29, 1.82) is 0 Å². The van der Waals surface area contributed by atoms with Gasteiger partial charge in [0.05, 0.1) is 36.7 Å². The third-order valence-electron chi connectivity index (χ3n) is 9.90. The second-order valence-electron chi connectivity index (χ2n) is 12.6. The van der Waals surface area contributed by atoms with E-state index in [-0.39, 0.29) is 17.6 Å². The summed E-state index contributed by atoms with van der Waals surface area (Å²) >= 11 is 6.40. The fourth-order valence-electron chi connectivity index (χ4n) is 7.55. The van der Waals surface area contributed by atoms with Gasteiger partial charge in [0, 0.05) is 42.5 Å². The molecular formula is C33H42ClNO5. The van der Waals surface area contributed by atoms with Crippen molar-refractivity contribution in [2.45, 2.75) is 76.4 Å². The van der Waals surface area contributed by atoms with Gasteiger partial charge in [0.1, 0.15) is 5.75 Å². The number of carbonyl (C=O) groups is 1. The van der Waals surface area contributed by atoms with E-state index in [0.29, 0.717) is 29.9 Å². The predicted octanol–water partition coefficient (Wildman–Crippen LogP) is 6.76. The number of carboxylic acid groups (broad SMARTS) is 1. The highest BCUT2D eigenvalue weighted by molar-refractivity contribution is 6.30. The summed E-state index contributed by atoms with van der Waals surface area (Å²) in [5, 5.41) is 10.6. The molecule has 0 amide bonds. The molecule has 2 aliphatic heterocycles. The highest BCUT2D eigenvalue weighted by atomic mass is 35.5. The van der Waals surface area contributed by atoms with Gasteiger partial charge in [-0.2, -0.15) is 0 Å². The van der Waals surface area contributed by atoms with E-state index < -0.39 is 5.97 Å². The highest BCUT2D eigenvalue weighted by Crippen LogP contribution is 2.47. The second-order valence-corrected chi connectivity index (χ2v) is 13.0. The van der Waals surface area contributed by atoms with E-state index in [1.54, 1.807) is 6.07 Å². The lowest BCUT2D eigenvalue weighted by molar-refractivity contribution is -0.141. The lowest BCUT2D eigenvalue weighted by Crippen LogP contribution is -2.51. The molecule has 6 atom stereocenters. The Kier molecular flexibility index (Phi) is 8.04. The smallest absolute Gasteiger partial charge is 0.335 e. The topological polar surface area (TPSA) is 68.2 Å². The van der Waals surface area contributed by atoms with Crippen LogP contribution in [0.5, 0.6) is 5.75 Å². The Hall–Kier alpha value is -2.28. The van der Waals surface area contributed by atoms with Crippen molar-refractivity contribution in [2.75, 3.05) is 37.8 Å². The van der Waals surface area contributed by atoms with Crippen molar-refractivity contribution in [2.24, 2.45) is 17.8 Å².